The van der Waals surface area contributed by atoms with Gasteiger partial charge in [0.1, 0.15) is 6.10 Å². The minimum atomic E-state index is -1.15. The summed E-state index contributed by atoms with van der Waals surface area (Å²) in [6, 6.07) is 5.93. The molecule has 0 aromatic carbocycles. The summed E-state index contributed by atoms with van der Waals surface area (Å²) in [6.45, 7) is 26.4. The molecule has 7 heteroatoms. The summed E-state index contributed by atoms with van der Waals surface area (Å²) in [5, 5.41) is 13.1. The first-order valence-electron chi connectivity index (χ1n) is 19.9. The maximum Gasteiger partial charge on any atom is 0.309 e. The Morgan fingerprint density at radius 2 is 1.61 bits per heavy atom. The van der Waals surface area contributed by atoms with Crippen molar-refractivity contribution in [3.05, 3.63) is 42.2 Å². The zero-order chi connectivity index (χ0) is 37.6. The predicted octanol–water partition coefficient (Wildman–Crippen LogP) is 9.50. The Kier molecular flexibility index (Phi) is 9.27. The number of ether oxygens (including phenoxy) is 1. The zero-order valence-electron chi connectivity index (χ0n) is 33.3. The first-order valence-corrected chi connectivity index (χ1v) is 19.9. The lowest BCUT2D eigenvalue weighted by Crippen LogP contribution is -2.67. The number of carbonyl (C=O) groups excluding carboxylic acids is 2. The SMILES string of the molecule is C=C(C)[C@@H]1CC[C@]2(C(=O)NC(C)(C)c3ccccn3)CC[C@]3(C)C(CCC4[C@@]5(C)CC[C@H](OC(=O)CC(C)(C)C(=O)O)C(C)(C)C5CC[C@]43C)C12. The van der Waals surface area contributed by atoms with E-state index in [2.05, 4.69) is 72.3 Å². The molecule has 10 atom stereocenters. The van der Waals surface area contributed by atoms with Gasteiger partial charge in [0.05, 0.1) is 28.5 Å². The van der Waals surface area contributed by atoms with Gasteiger partial charge in [-0.05, 0) is 157 Å². The van der Waals surface area contributed by atoms with Crippen LogP contribution in [0.25, 0.3) is 0 Å². The second-order valence-electron chi connectivity index (χ2n) is 20.3. The fraction of sp³-hybridized carbons (Fsp3) is 0.773. The number of pyridine rings is 1. The van der Waals surface area contributed by atoms with Crippen LogP contribution in [0.15, 0.2) is 36.5 Å². The van der Waals surface area contributed by atoms with Crippen LogP contribution in [0.2, 0.25) is 0 Å². The Balaban J connectivity index is 1.27. The van der Waals surface area contributed by atoms with E-state index in [0.29, 0.717) is 23.7 Å². The van der Waals surface area contributed by atoms with Crippen LogP contribution < -0.4 is 5.32 Å². The smallest absolute Gasteiger partial charge is 0.309 e. The van der Waals surface area contributed by atoms with E-state index < -0.39 is 28.3 Å². The van der Waals surface area contributed by atoms with Crippen molar-refractivity contribution in [2.24, 2.45) is 62.1 Å². The monoisotopic (exact) mass is 702 g/mol. The van der Waals surface area contributed by atoms with E-state index in [4.69, 9.17) is 4.74 Å². The van der Waals surface area contributed by atoms with Crippen LogP contribution in [-0.4, -0.2) is 34.0 Å². The first-order chi connectivity index (χ1) is 23.6. The van der Waals surface area contributed by atoms with Gasteiger partial charge >= 0.3 is 11.9 Å². The number of hydrogen-bond acceptors (Lipinski definition) is 5. The van der Waals surface area contributed by atoms with Gasteiger partial charge in [0, 0.05) is 11.6 Å². The molecule has 1 aromatic rings. The molecule has 2 N–H and O–H groups in total. The number of esters is 1. The minimum absolute atomic E-state index is 0.1000. The summed E-state index contributed by atoms with van der Waals surface area (Å²) in [6.07, 6.45) is 11.7. The van der Waals surface area contributed by atoms with Crippen molar-refractivity contribution >= 4 is 17.8 Å². The Bertz CT molecular complexity index is 1570. The van der Waals surface area contributed by atoms with Crippen LogP contribution >= 0.6 is 0 Å². The highest BCUT2D eigenvalue weighted by Gasteiger charge is 2.72. The third-order valence-electron chi connectivity index (χ3n) is 16.6. The highest BCUT2D eigenvalue weighted by molar-refractivity contribution is 5.84. The average Bonchev–Trinajstić information content (AvgIpc) is 3.44. The van der Waals surface area contributed by atoms with Crippen molar-refractivity contribution in [2.45, 2.75) is 152 Å². The third kappa shape index (κ3) is 5.72. The number of aromatic nitrogens is 1. The number of nitrogens with zero attached hydrogens (tertiary/aromatic N) is 1. The number of carboxylic acids is 1. The van der Waals surface area contributed by atoms with E-state index in [0.717, 1.165) is 69.9 Å². The minimum Gasteiger partial charge on any atom is -0.481 e. The lowest BCUT2D eigenvalue weighted by Gasteiger charge is -2.73. The van der Waals surface area contributed by atoms with Crippen LogP contribution in [0.1, 0.15) is 146 Å². The van der Waals surface area contributed by atoms with Gasteiger partial charge < -0.3 is 15.2 Å². The first kappa shape index (κ1) is 38.0. The molecule has 0 aliphatic heterocycles. The van der Waals surface area contributed by atoms with E-state index in [1.165, 1.54) is 5.57 Å². The van der Waals surface area contributed by atoms with Crippen molar-refractivity contribution in [1.82, 2.24) is 10.3 Å². The molecule has 0 spiro atoms. The maximum atomic E-state index is 14.8. The van der Waals surface area contributed by atoms with Gasteiger partial charge in [-0.3, -0.25) is 19.4 Å². The quantitative estimate of drug-likeness (QED) is 0.207. The lowest BCUT2D eigenvalue weighted by atomic mass is 9.32. The van der Waals surface area contributed by atoms with Gasteiger partial charge in [0.25, 0.3) is 0 Å². The number of hydrogen-bond donors (Lipinski definition) is 2. The molecule has 1 amide bonds. The standard InChI is InChI=1S/C44H66N2O5/c1-27(2)28-17-22-44(36(48)46-40(7,8)32-14-12-13-25-45-32)24-23-42(10)29(35(28)44)15-16-31-41(9)20-19-33(51-34(47)26-38(3,4)37(49)50)39(5,6)30(41)18-21-43(31,42)11/h12-14,25,28-31,33,35H,1,15-24,26H2,2-11H3,(H,46,48)(H,49,50)/t28-,29?,30?,31?,33-,35?,41-,42+,43+,44-/m0/s1. The molecule has 6 rings (SSSR count). The summed E-state index contributed by atoms with van der Waals surface area (Å²) in [5.41, 5.74) is 0.116. The second kappa shape index (κ2) is 12.4. The largest absolute Gasteiger partial charge is 0.481 e. The zero-order valence-corrected chi connectivity index (χ0v) is 33.3. The van der Waals surface area contributed by atoms with Crippen molar-refractivity contribution < 1.29 is 24.2 Å². The number of nitrogens with one attached hydrogen (secondary N) is 1. The number of allylic oxidation sites excluding steroid dienone is 1. The summed E-state index contributed by atoms with van der Waals surface area (Å²) >= 11 is 0. The molecule has 1 aromatic heterocycles. The van der Waals surface area contributed by atoms with Crippen LogP contribution in [0, 0.1) is 62.1 Å². The van der Waals surface area contributed by atoms with Crippen molar-refractivity contribution in [3.8, 4) is 0 Å². The Morgan fingerprint density at radius 3 is 2.24 bits per heavy atom. The molecule has 4 unspecified atom stereocenters. The summed E-state index contributed by atoms with van der Waals surface area (Å²) < 4.78 is 6.18. The Morgan fingerprint density at radius 1 is 0.902 bits per heavy atom. The third-order valence-corrected chi connectivity index (χ3v) is 16.6. The number of fused-ring (bicyclic) bond motifs is 7. The topological polar surface area (TPSA) is 106 Å². The average molecular weight is 703 g/mol. The molecular formula is C44H66N2O5. The summed E-state index contributed by atoms with van der Waals surface area (Å²) in [4.78, 5) is 44.2. The highest BCUT2D eigenvalue weighted by atomic mass is 16.5. The van der Waals surface area contributed by atoms with Crippen LogP contribution in [0.3, 0.4) is 0 Å². The number of rotatable bonds is 8. The molecule has 282 valence electrons. The molecule has 0 radical (unpaired) electrons. The lowest BCUT2D eigenvalue weighted by molar-refractivity contribution is -0.249. The molecule has 7 nitrogen and oxygen atoms in total. The number of carbonyl (C=O) groups is 3. The molecule has 51 heavy (non-hydrogen) atoms. The van der Waals surface area contributed by atoms with Crippen molar-refractivity contribution in [2.75, 3.05) is 0 Å². The summed E-state index contributed by atoms with van der Waals surface area (Å²) in [5.74, 6) is 0.840. The van der Waals surface area contributed by atoms with Gasteiger partial charge in [0.15, 0.2) is 0 Å². The van der Waals surface area contributed by atoms with Gasteiger partial charge in [-0.2, -0.15) is 0 Å². The van der Waals surface area contributed by atoms with Gasteiger partial charge in [-0.15, -0.1) is 0 Å². The molecule has 5 fully saturated rings. The number of amides is 1. The second-order valence-corrected chi connectivity index (χ2v) is 20.3. The van der Waals surface area contributed by atoms with Crippen molar-refractivity contribution in [3.63, 3.8) is 0 Å². The Hall–Kier alpha value is -2.70. The van der Waals surface area contributed by atoms with E-state index >= 15 is 0 Å². The molecule has 1 heterocycles. The highest BCUT2D eigenvalue weighted by Crippen LogP contribution is 2.77. The molecule has 0 bridgehead atoms. The molecule has 5 aliphatic carbocycles. The maximum absolute atomic E-state index is 14.8. The number of aliphatic carboxylic acids is 1. The van der Waals surface area contributed by atoms with E-state index in [-0.39, 0.29) is 46.0 Å². The Labute approximate surface area is 307 Å². The van der Waals surface area contributed by atoms with Gasteiger partial charge in [0.2, 0.25) is 5.91 Å². The summed E-state index contributed by atoms with van der Waals surface area (Å²) in [7, 11) is 0. The normalized spacial score (nSPS) is 40.1. The fourth-order valence-electron chi connectivity index (χ4n) is 13.6. The molecule has 5 aliphatic rings. The molecule has 0 saturated heterocycles. The van der Waals surface area contributed by atoms with Gasteiger partial charge in [-0.25, -0.2) is 0 Å². The van der Waals surface area contributed by atoms with E-state index in [1.54, 1.807) is 20.0 Å². The van der Waals surface area contributed by atoms with Crippen LogP contribution in [0.5, 0.6) is 0 Å². The fourth-order valence-corrected chi connectivity index (χ4v) is 13.6. The van der Waals surface area contributed by atoms with E-state index in [1.807, 2.05) is 18.2 Å². The van der Waals surface area contributed by atoms with Crippen LogP contribution in [0.4, 0.5) is 0 Å². The van der Waals surface area contributed by atoms with Gasteiger partial charge in [-0.1, -0.05) is 52.8 Å². The van der Waals surface area contributed by atoms with Crippen LogP contribution in [-0.2, 0) is 24.7 Å². The molecular weight excluding hydrogens is 636 g/mol. The van der Waals surface area contributed by atoms with E-state index in [9.17, 15) is 19.5 Å². The molecule has 5 saturated carbocycles. The predicted molar refractivity (Wildman–Crippen MR) is 200 cm³/mol. The number of carboxylic acid groups (broad SMARTS) is 1. The van der Waals surface area contributed by atoms with Crippen molar-refractivity contribution in [1.29, 1.82) is 0 Å².